The van der Waals surface area contributed by atoms with Gasteiger partial charge in [-0.1, -0.05) is 23.9 Å². The van der Waals surface area contributed by atoms with Crippen molar-refractivity contribution in [3.05, 3.63) is 65.7 Å². The van der Waals surface area contributed by atoms with Crippen molar-refractivity contribution in [1.29, 1.82) is 0 Å². The number of nitrogens with zero attached hydrogens (tertiary/aromatic N) is 3. The largest absolute Gasteiger partial charge is 0.351 e. The molecule has 0 saturated heterocycles. The van der Waals surface area contributed by atoms with Crippen LogP contribution >= 0.6 is 11.8 Å². The van der Waals surface area contributed by atoms with Gasteiger partial charge in [0.25, 0.3) is 0 Å². The Labute approximate surface area is 159 Å². The summed E-state index contributed by atoms with van der Waals surface area (Å²) in [4.78, 5) is 12.3. The Morgan fingerprint density at radius 3 is 2.30 bits per heavy atom. The quantitative estimate of drug-likeness (QED) is 0.656. The van der Waals surface area contributed by atoms with E-state index >= 15 is 0 Å². The molecule has 0 unspecified atom stereocenters. The second-order valence-corrected chi connectivity index (χ2v) is 7.28. The van der Waals surface area contributed by atoms with Gasteiger partial charge in [-0.25, -0.2) is 8.78 Å². The van der Waals surface area contributed by atoms with Gasteiger partial charge in [0, 0.05) is 19.2 Å². The van der Waals surface area contributed by atoms with Gasteiger partial charge in [-0.15, -0.1) is 10.2 Å². The summed E-state index contributed by atoms with van der Waals surface area (Å²) < 4.78 is 27.8. The fourth-order valence-electron chi connectivity index (χ4n) is 2.41. The van der Waals surface area contributed by atoms with E-state index in [0.717, 1.165) is 11.1 Å². The number of hydrogen-bond donors (Lipinski definition) is 1. The average molecular weight is 388 g/mol. The molecule has 27 heavy (non-hydrogen) atoms. The van der Waals surface area contributed by atoms with Crippen LogP contribution in [0.3, 0.4) is 0 Å². The van der Waals surface area contributed by atoms with Crippen molar-refractivity contribution in [1.82, 2.24) is 20.1 Å². The van der Waals surface area contributed by atoms with Crippen molar-refractivity contribution in [3.63, 3.8) is 0 Å². The predicted octanol–water partition coefficient (Wildman–Crippen LogP) is 3.56. The summed E-state index contributed by atoms with van der Waals surface area (Å²) >= 11 is 1.28. The lowest BCUT2D eigenvalue weighted by Gasteiger charge is -2.12. The molecule has 3 rings (SSSR count). The Bertz CT molecular complexity index is 926. The fourth-order valence-corrected chi connectivity index (χ4v) is 3.25. The molecule has 3 aromatic rings. The molecule has 1 amide bonds. The number of nitrogens with one attached hydrogen (secondary N) is 1. The van der Waals surface area contributed by atoms with E-state index in [0.29, 0.717) is 17.5 Å². The van der Waals surface area contributed by atoms with E-state index in [9.17, 15) is 13.6 Å². The van der Waals surface area contributed by atoms with Crippen LogP contribution in [0.15, 0.2) is 53.7 Å². The monoisotopic (exact) mass is 388 g/mol. The van der Waals surface area contributed by atoms with E-state index in [1.807, 2.05) is 0 Å². The van der Waals surface area contributed by atoms with E-state index in [1.165, 1.54) is 36.0 Å². The van der Waals surface area contributed by atoms with Crippen molar-refractivity contribution < 1.29 is 13.6 Å². The highest BCUT2D eigenvalue weighted by molar-refractivity contribution is 8.00. The summed E-state index contributed by atoms with van der Waals surface area (Å²) in [5.41, 5.74) is 1.56. The summed E-state index contributed by atoms with van der Waals surface area (Å²) in [6.07, 6.45) is 0. The van der Waals surface area contributed by atoms with Crippen LogP contribution in [0.5, 0.6) is 0 Å². The average Bonchev–Trinajstić information content (AvgIpc) is 3.02. The minimum Gasteiger partial charge on any atom is -0.351 e. The molecule has 0 aliphatic heterocycles. The zero-order valence-electron chi connectivity index (χ0n) is 14.8. The van der Waals surface area contributed by atoms with Gasteiger partial charge in [-0.2, -0.15) is 0 Å². The van der Waals surface area contributed by atoms with Crippen LogP contribution in [-0.2, 0) is 18.4 Å². The summed E-state index contributed by atoms with van der Waals surface area (Å²) in [6, 6.07) is 12.0. The zero-order chi connectivity index (χ0) is 19.4. The van der Waals surface area contributed by atoms with Crippen LogP contribution < -0.4 is 5.32 Å². The predicted molar refractivity (Wildman–Crippen MR) is 100.0 cm³/mol. The highest BCUT2D eigenvalue weighted by Crippen LogP contribution is 2.25. The second-order valence-electron chi connectivity index (χ2n) is 5.98. The number of thioether (sulfide) groups is 1. The zero-order valence-corrected chi connectivity index (χ0v) is 15.6. The Hall–Kier alpha value is -2.74. The van der Waals surface area contributed by atoms with Gasteiger partial charge in [0.15, 0.2) is 11.0 Å². The first-order valence-corrected chi connectivity index (χ1v) is 9.16. The van der Waals surface area contributed by atoms with Crippen LogP contribution in [0, 0.1) is 11.6 Å². The van der Waals surface area contributed by atoms with Crippen molar-refractivity contribution in [2.24, 2.45) is 7.05 Å². The molecule has 1 aromatic heterocycles. The Morgan fingerprint density at radius 2 is 1.67 bits per heavy atom. The van der Waals surface area contributed by atoms with Crippen molar-refractivity contribution in [3.8, 4) is 11.4 Å². The maximum absolute atomic E-state index is 13.1. The summed E-state index contributed by atoms with van der Waals surface area (Å²) in [6.45, 7) is 2.10. The van der Waals surface area contributed by atoms with Gasteiger partial charge >= 0.3 is 0 Å². The number of aromatic nitrogens is 3. The van der Waals surface area contributed by atoms with Gasteiger partial charge in [-0.05, 0) is 48.9 Å². The molecule has 5 nitrogen and oxygen atoms in total. The van der Waals surface area contributed by atoms with Crippen LogP contribution in [0.1, 0.15) is 12.5 Å². The molecule has 8 heteroatoms. The molecule has 0 saturated carbocycles. The maximum atomic E-state index is 13.1. The second kappa shape index (κ2) is 8.30. The van der Waals surface area contributed by atoms with Crippen LogP contribution in [0.25, 0.3) is 11.4 Å². The third kappa shape index (κ3) is 4.71. The Morgan fingerprint density at radius 1 is 1.07 bits per heavy atom. The molecule has 2 aromatic carbocycles. The van der Waals surface area contributed by atoms with Crippen LogP contribution in [-0.4, -0.2) is 25.9 Å². The van der Waals surface area contributed by atoms with E-state index < -0.39 is 5.25 Å². The first kappa shape index (κ1) is 19.0. The lowest BCUT2D eigenvalue weighted by atomic mass is 10.2. The maximum Gasteiger partial charge on any atom is 0.233 e. The van der Waals surface area contributed by atoms with Gasteiger partial charge < -0.3 is 9.88 Å². The summed E-state index contributed by atoms with van der Waals surface area (Å²) in [5.74, 6) is -0.192. The number of carbonyl (C=O) groups is 1. The lowest BCUT2D eigenvalue weighted by Crippen LogP contribution is -2.30. The SMILES string of the molecule is C[C@H](Sc1nnc(-c2ccc(F)cc2)n1C)C(=O)NCc1ccc(F)cc1. The standard InChI is InChI=1S/C19H18F2N4OS/c1-12(18(26)22-11-13-3-7-15(20)8-4-13)27-19-24-23-17(25(19)2)14-5-9-16(21)10-6-14/h3-10,12H,11H2,1-2H3,(H,22,26)/t12-/m0/s1. The first-order valence-electron chi connectivity index (χ1n) is 8.28. The molecule has 140 valence electrons. The van der Waals surface area contributed by atoms with Gasteiger partial charge in [0.1, 0.15) is 11.6 Å². The minimum absolute atomic E-state index is 0.157. The van der Waals surface area contributed by atoms with Crippen LogP contribution in [0.4, 0.5) is 8.78 Å². The smallest absolute Gasteiger partial charge is 0.233 e. The molecule has 0 aliphatic carbocycles. The molecule has 0 fully saturated rings. The number of benzene rings is 2. The van der Waals surface area contributed by atoms with E-state index in [-0.39, 0.29) is 17.5 Å². The molecule has 0 bridgehead atoms. The molecular formula is C19H18F2N4OS. The third-order valence-corrected chi connectivity index (χ3v) is 5.10. The summed E-state index contributed by atoms with van der Waals surface area (Å²) in [5, 5.41) is 11.3. The minimum atomic E-state index is -0.394. The van der Waals surface area contributed by atoms with Crippen molar-refractivity contribution >= 4 is 17.7 Å². The van der Waals surface area contributed by atoms with Crippen molar-refractivity contribution in [2.45, 2.75) is 23.9 Å². The molecule has 0 radical (unpaired) electrons. The summed E-state index contributed by atoms with van der Waals surface area (Å²) in [7, 11) is 1.80. The highest BCUT2D eigenvalue weighted by Gasteiger charge is 2.19. The molecule has 0 aliphatic rings. The lowest BCUT2D eigenvalue weighted by molar-refractivity contribution is -0.120. The normalized spacial score (nSPS) is 12.0. The Balaban J connectivity index is 1.61. The topological polar surface area (TPSA) is 59.8 Å². The number of carbonyl (C=O) groups excluding carboxylic acids is 1. The molecular weight excluding hydrogens is 370 g/mol. The number of amides is 1. The van der Waals surface area contributed by atoms with Crippen molar-refractivity contribution in [2.75, 3.05) is 0 Å². The van der Waals surface area contributed by atoms with Gasteiger partial charge in [-0.3, -0.25) is 4.79 Å². The van der Waals surface area contributed by atoms with E-state index in [4.69, 9.17) is 0 Å². The molecule has 0 spiro atoms. The van der Waals surface area contributed by atoms with Gasteiger partial charge in [0.05, 0.1) is 5.25 Å². The van der Waals surface area contributed by atoms with E-state index in [1.54, 1.807) is 42.8 Å². The third-order valence-electron chi connectivity index (χ3n) is 3.97. The number of hydrogen-bond acceptors (Lipinski definition) is 4. The molecule has 1 heterocycles. The highest BCUT2D eigenvalue weighted by atomic mass is 32.2. The Kier molecular flexibility index (Phi) is 5.85. The molecule has 1 atom stereocenters. The first-order chi connectivity index (χ1) is 12.9. The number of rotatable bonds is 6. The van der Waals surface area contributed by atoms with Crippen LogP contribution in [0.2, 0.25) is 0 Å². The fraction of sp³-hybridized carbons (Fsp3) is 0.211. The van der Waals surface area contributed by atoms with Gasteiger partial charge in [0.2, 0.25) is 5.91 Å². The van der Waals surface area contributed by atoms with E-state index in [2.05, 4.69) is 15.5 Å². The molecule has 1 N–H and O–H groups in total. The number of halogens is 2.